The van der Waals surface area contributed by atoms with E-state index in [4.69, 9.17) is 21.5 Å². The topological polar surface area (TPSA) is 86.5 Å². The Morgan fingerprint density at radius 3 is 2.32 bits per heavy atom. The van der Waals surface area contributed by atoms with Crippen molar-refractivity contribution >= 4 is 43.5 Å². The first-order valence-corrected chi connectivity index (χ1v) is 7.89. The number of hydrogen-bond donors (Lipinski definition) is 1. The van der Waals surface area contributed by atoms with Gasteiger partial charge >= 0.3 is 5.97 Å². The second-order valence-electron chi connectivity index (χ2n) is 4.81. The number of sulfonamides is 1. The van der Waals surface area contributed by atoms with Gasteiger partial charge < -0.3 is 4.74 Å². The molecule has 19 heavy (non-hydrogen) atoms. The molecule has 0 radical (unpaired) electrons. The lowest BCUT2D eigenvalue weighted by atomic mass is 10.1. The third-order valence-electron chi connectivity index (χ3n) is 1.95. The molecule has 0 aliphatic rings. The smallest absolute Gasteiger partial charge is 0.340 e. The monoisotopic (exact) mass is 369 g/mol. The molecule has 0 saturated heterocycles. The van der Waals surface area contributed by atoms with Crippen molar-refractivity contribution in [2.75, 3.05) is 0 Å². The normalized spacial score (nSPS) is 12.3. The largest absolute Gasteiger partial charge is 0.456 e. The summed E-state index contributed by atoms with van der Waals surface area (Å²) >= 11 is 9.03. The van der Waals surface area contributed by atoms with E-state index in [0.717, 1.165) is 6.07 Å². The van der Waals surface area contributed by atoms with Crippen molar-refractivity contribution in [2.24, 2.45) is 5.14 Å². The number of ether oxygens (including phenoxy) is 1. The number of rotatable bonds is 2. The van der Waals surface area contributed by atoms with Crippen LogP contribution in [0, 0.1) is 0 Å². The minimum Gasteiger partial charge on any atom is -0.456 e. The van der Waals surface area contributed by atoms with Gasteiger partial charge in [0.1, 0.15) is 5.60 Å². The van der Waals surface area contributed by atoms with Crippen LogP contribution in [0.15, 0.2) is 21.5 Å². The van der Waals surface area contributed by atoms with Gasteiger partial charge in [0.2, 0.25) is 10.0 Å². The van der Waals surface area contributed by atoms with Crippen LogP contribution >= 0.6 is 27.5 Å². The van der Waals surface area contributed by atoms with Crippen LogP contribution < -0.4 is 5.14 Å². The maximum atomic E-state index is 11.9. The zero-order valence-corrected chi connectivity index (χ0v) is 13.7. The second-order valence-corrected chi connectivity index (χ2v) is 7.61. The Kier molecular flexibility index (Phi) is 4.66. The average Bonchev–Trinajstić information content (AvgIpc) is 2.17. The summed E-state index contributed by atoms with van der Waals surface area (Å²) in [5.74, 6) is -0.719. The van der Waals surface area contributed by atoms with Crippen LogP contribution in [-0.4, -0.2) is 20.0 Å². The highest BCUT2D eigenvalue weighted by molar-refractivity contribution is 9.10. The summed E-state index contributed by atoms with van der Waals surface area (Å²) in [6.07, 6.45) is 0. The quantitative estimate of drug-likeness (QED) is 0.811. The molecular formula is C11H13BrClNO4S. The maximum absolute atomic E-state index is 11.9. The Morgan fingerprint density at radius 2 is 1.89 bits per heavy atom. The van der Waals surface area contributed by atoms with E-state index >= 15 is 0 Å². The van der Waals surface area contributed by atoms with E-state index in [1.807, 2.05) is 0 Å². The van der Waals surface area contributed by atoms with Gasteiger partial charge in [0.25, 0.3) is 0 Å². The molecule has 0 amide bonds. The zero-order valence-electron chi connectivity index (χ0n) is 10.5. The minimum atomic E-state index is -3.94. The Bertz CT molecular complexity index is 622. The van der Waals surface area contributed by atoms with Crippen LogP contribution in [0.3, 0.4) is 0 Å². The highest BCUT2D eigenvalue weighted by Gasteiger charge is 2.23. The first-order chi connectivity index (χ1) is 8.42. The van der Waals surface area contributed by atoms with Crippen LogP contribution in [0.5, 0.6) is 0 Å². The molecule has 8 heteroatoms. The first-order valence-electron chi connectivity index (χ1n) is 5.17. The van der Waals surface area contributed by atoms with Gasteiger partial charge in [-0.25, -0.2) is 18.4 Å². The number of halogens is 2. The van der Waals surface area contributed by atoms with Crippen molar-refractivity contribution in [1.82, 2.24) is 0 Å². The third kappa shape index (κ3) is 4.45. The fraction of sp³-hybridized carbons (Fsp3) is 0.364. The molecule has 0 heterocycles. The van der Waals surface area contributed by atoms with E-state index < -0.39 is 21.6 Å². The van der Waals surface area contributed by atoms with Crippen molar-refractivity contribution in [2.45, 2.75) is 31.3 Å². The van der Waals surface area contributed by atoms with Crippen molar-refractivity contribution in [3.05, 3.63) is 27.2 Å². The molecule has 1 aromatic rings. The van der Waals surface area contributed by atoms with Crippen LogP contribution in [0.25, 0.3) is 0 Å². The van der Waals surface area contributed by atoms with Crippen molar-refractivity contribution in [3.63, 3.8) is 0 Å². The van der Waals surface area contributed by atoms with Gasteiger partial charge in [0.05, 0.1) is 15.5 Å². The molecule has 1 rings (SSSR count). The number of carbonyl (C=O) groups excluding carboxylic acids is 1. The fourth-order valence-corrected chi connectivity index (χ4v) is 2.57. The molecule has 0 bridgehead atoms. The Labute approximate surface area is 125 Å². The molecule has 5 nitrogen and oxygen atoms in total. The molecule has 0 atom stereocenters. The summed E-state index contributed by atoms with van der Waals surface area (Å²) in [7, 11) is -3.94. The summed E-state index contributed by atoms with van der Waals surface area (Å²) in [6, 6.07) is 2.32. The standard InChI is InChI=1S/C11H13BrClNO4S/c1-11(2,3)18-10(15)7-4-6(19(14,16)17)5-8(12)9(7)13/h4-5H,1-3H3,(H2,14,16,17). The lowest BCUT2D eigenvalue weighted by Crippen LogP contribution is -2.24. The number of esters is 1. The van der Waals surface area contributed by atoms with E-state index in [0.29, 0.717) is 0 Å². The molecule has 0 fully saturated rings. The molecular weight excluding hydrogens is 358 g/mol. The Balaban J connectivity index is 3.36. The summed E-state index contributed by atoms with van der Waals surface area (Å²) < 4.78 is 28.0. The van der Waals surface area contributed by atoms with Crippen molar-refractivity contribution in [3.8, 4) is 0 Å². The molecule has 0 aromatic heterocycles. The van der Waals surface area contributed by atoms with E-state index in [1.165, 1.54) is 6.07 Å². The number of primary sulfonamides is 1. The number of nitrogens with two attached hydrogens (primary N) is 1. The van der Waals surface area contributed by atoms with Gasteiger partial charge in [-0.3, -0.25) is 0 Å². The van der Waals surface area contributed by atoms with E-state index in [2.05, 4.69) is 15.9 Å². The lowest BCUT2D eigenvalue weighted by Gasteiger charge is -2.20. The van der Waals surface area contributed by atoms with Gasteiger partial charge in [-0.15, -0.1) is 0 Å². The van der Waals surface area contributed by atoms with Gasteiger partial charge in [-0.1, -0.05) is 11.6 Å². The minimum absolute atomic E-state index is 0.0602. The zero-order chi connectivity index (χ0) is 15.0. The van der Waals surface area contributed by atoms with Gasteiger partial charge in [0, 0.05) is 4.47 Å². The van der Waals surface area contributed by atoms with E-state index in [9.17, 15) is 13.2 Å². The van der Waals surface area contributed by atoms with Crippen molar-refractivity contribution < 1.29 is 17.9 Å². The third-order valence-corrected chi connectivity index (χ3v) is 4.10. The predicted molar refractivity (Wildman–Crippen MR) is 75.7 cm³/mol. The molecule has 0 aliphatic carbocycles. The van der Waals surface area contributed by atoms with Gasteiger partial charge in [-0.05, 0) is 48.8 Å². The van der Waals surface area contributed by atoms with E-state index in [1.54, 1.807) is 20.8 Å². The fourth-order valence-electron chi connectivity index (χ4n) is 1.21. The molecule has 0 unspecified atom stereocenters. The van der Waals surface area contributed by atoms with E-state index in [-0.39, 0.29) is 20.0 Å². The second kappa shape index (κ2) is 5.40. The number of hydrogen-bond acceptors (Lipinski definition) is 4. The van der Waals surface area contributed by atoms with Crippen LogP contribution in [0.4, 0.5) is 0 Å². The van der Waals surface area contributed by atoms with Gasteiger partial charge in [-0.2, -0.15) is 0 Å². The maximum Gasteiger partial charge on any atom is 0.340 e. The summed E-state index contributed by atoms with van der Waals surface area (Å²) in [5, 5.41) is 5.10. The Hall–Kier alpha value is -0.630. The summed E-state index contributed by atoms with van der Waals surface area (Å²) in [5.41, 5.74) is -0.778. The average molecular weight is 371 g/mol. The SMILES string of the molecule is CC(C)(C)OC(=O)c1cc(S(N)(=O)=O)cc(Br)c1Cl. The van der Waals surface area contributed by atoms with Crippen LogP contribution in [0.2, 0.25) is 5.02 Å². The molecule has 0 aliphatic heterocycles. The first kappa shape index (κ1) is 16.4. The number of carbonyl (C=O) groups is 1. The highest BCUT2D eigenvalue weighted by atomic mass is 79.9. The molecule has 106 valence electrons. The van der Waals surface area contributed by atoms with Crippen molar-refractivity contribution in [1.29, 1.82) is 0 Å². The lowest BCUT2D eigenvalue weighted by molar-refractivity contribution is 0.00694. The highest BCUT2D eigenvalue weighted by Crippen LogP contribution is 2.30. The summed E-state index contributed by atoms with van der Waals surface area (Å²) in [6.45, 7) is 5.08. The van der Waals surface area contributed by atoms with Crippen LogP contribution in [-0.2, 0) is 14.8 Å². The molecule has 0 saturated carbocycles. The molecule has 0 spiro atoms. The molecule has 2 N–H and O–H groups in total. The number of benzene rings is 1. The summed E-state index contributed by atoms with van der Waals surface area (Å²) in [4.78, 5) is 11.7. The predicted octanol–water partition coefficient (Wildman–Crippen LogP) is 2.71. The molecule has 1 aromatic carbocycles. The van der Waals surface area contributed by atoms with Crippen LogP contribution in [0.1, 0.15) is 31.1 Å². The Morgan fingerprint density at radius 1 is 1.37 bits per heavy atom. The van der Waals surface area contributed by atoms with Gasteiger partial charge in [0.15, 0.2) is 0 Å².